The molecule has 4 N–H and O–H groups in total. The third kappa shape index (κ3) is 3.35. The molecule has 2 aromatic rings. The first-order valence-electron chi connectivity index (χ1n) is 7.76. The molecule has 2 heterocycles. The van der Waals surface area contributed by atoms with Crippen LogP contribution in [0.4, 0.5) is 4.39 Å². The maximum absolute atomic E-state index is 13.6. The van der Waals surface area contributed by atoms with Gasteiger partial charge in [0.05, 0.1) is 0 Å². The summed E-state index contributed by atoms with van der Waals surface area (Å²) < 4.78 is 58.4. The molecule has 0 aliphatic carbocycles. The molecular formula is C16H15ClFNO8S. The molecule has 1 aliphatic rings. The Morgan fingerprint density at radius 3 is 2.39 bits per heavy atom. The molecule has 0 saturated carbocycles. The van der Waals surface area contributed by atoms with E-state index in [2.05, 4.69) is 4.98 Å². The number of aromatic nitrogens is 1. The lowest BCUT2D eigenvalue weighted by Crippen LogP contribution is -2.70. The normalized spacial score (nSPS) is 33.4. The van der Waals surface area contributed by atoms with Crippen molar-refractivity contribution < 1.29 is 42.2 Å². The minimum Gasteiger partial charge on any atom is -0.460 e. The lowest BCUT2D eigenvalue weighted by Gasteiger charge is -2.49. The van der Waals surface area contributed by atoms with E-state index in [-0.39, 0.29) is 5.75 Å². The molecule has 1 aromatic heterocycles. The van der Waals surface area contributed by atoms with Gasteiger partial charge in [-0.2, -0.15) is 12.8 Å². The highest BCUT2D eigenvalue weighted by atomic mass is 35.5. The van der Waals surface area contributed by atoms with Crippen LogP contribution in [0.15, 0.2) is 48.7 Å². The van der Waals surface area contributed by atoms with Gasteiger partial charge in [0.15, 0.2) is 0 Å². The fraction of sp³-hybridized carbons (Fsp3) is 0.312. The van der Waals surface area contributed by atoms with Gasteiger partial charge < -0.3 is 24.8 Å². The summed E-state index contributed by atoms with van der Waals surface area (Å²) in [5.41, 5.74) is -0.608. The quantitative estimate of drug-likeness (QED) is 0.303. The van der Waals surface area contributed by atoms with Gasteiger partial charge in [0, 0.05) is 17.8 Å². The molecule has 9 nitrogen and oxygen atoms in total. The number of aliphatic hydroxyl groups is 3. The Balaban J connectivity index is 2.16. The number of rotatable bonds is 4. The van der Waals surface area contributed by atoms with Crippen LogP contribution in [0.2, 0.25) is 0 Å². The van der Waals surface area contributed by atoms with Gasteiger partial charge >= 0.3 is 10.1 Å². The largest absolute Gasteiger partial charge is 0.460 e. The molecule has 1 unspecified atom stereocenters. The maximum atomic E-state index is 13.6. The van der Waals surface area contributed by atoms with E-state index in [1.54, 1.807) is 18.2 Å². The van der Waals surface area contributed by atoms with Crippen molar-refractivity contribution in [2.24, 2.45) is 0 Å². The molecule has 12 heteroatoms. The molecule has 1 saturated heterocycles. The monoisotopic (exact) mass is 435 g/mol. The van der Waals surface area contributed by atoms with Crippen LogP contribution in [0, 0.1) is 5.95 Å². The Bertz CT molecular complexity index is 960. The molecule has 0 bridgehead atoms. The highest BCUT2D eigenvalue weighted by Crippen LogP contribution is 2.47. The molecule has 1 aromatic carbocycles. The first-order valence-corrected chi connectivity index (χ1v) is 9.58. The number of nitrogens with zero attached hydrogens (tertiary/aromatic N) is 1. The Labute approximate surface area is 163 Å². The number of ether oxygens (including phenoxy) is 2. The van der Waals surface area contributed by atoms with Crippen LogP contribution in [-0.2, 0) is 19.8 Å². The van der Waals surface area contributed by atoms with Gasteiger partial charge in [0.25, 0.3) is 4.93 Å². The Kier molecular flexibility index (Phi) is 5.36. The minimum absolute atomic E-state index is 0.0558. The zero-order valence-corrected chi connectivity index (χ0v) is 15.5. The number of aliphatic hydroxyl groups excluding tert-OH is 2. The maximum Gasteiger partial charge on any atom is 0.302 e. The van der Waals surface area contributed by atoms with Gasteiger partial charge in [-0.25, -0.2) is 4.98 Å². The fourth-order valence-electron chi connectivity index (χ4n) is 2.83. The van der Waals surface area contributed by atoms with E-state index in [0.29, 0.717) is 6.07 Å². The number of benzene rings is 1. The van der Waals surface area contributed by atoms with Crippen LogP contribution >= 0.6 is 11.6 Å². The van der Waals surface area contributed by atoms with E-state index in [0.717, 1.165) is 12.3 Å². The van der Waals surface area contributed by atoms with Crippen molar-refractivity contribution in [3.05, 3.63) is 60.2 Å². The third-order valence-corrected chi connectivity index (χ3v) is 5.96. The smallest absolute Gasteiger partial charge is 0.302 e. The van der Waals surface area contributed by atoms with Gasteiger partial charge in [-0.05, 0) is 18.2 Å². The van der Waals surface area contributed by atoms with Crippen LogP contribution in [0.1, 0.15) is 5.56 Å². The van der Waals surface area contributed by atoms with Crippen LogP contribution < -0.4 is 4.74 Å². The lowest BCUT2D eigenvalue weighted by atomic mass is 9.93. The third-order valence-electron chi connectivity index (χ3n) is 4.21. The van der Waals surface area contributed by atoms with E-state index in [9.17, 15) is 32.7 Å². The standard InChI is InChI=1S/C16H15ClFNO8S/c17-15(22)12(20)13(21)16(28(23,24)25,9-6-7-19-11(18)8-9)27-14(15)26-10-4-2-1-3-5-10/h1-8,12-14,20-22H,(H,23,24,25)/t12-,13-,14+,15+,16?/m0/s1. The molecule has 5 atom stereocenters. The average Bonchev–Trinajstić information content (AvgIpc) is 2.62. The molecule has 0 spiro atoms. The van der Waals surface area contributed by atoms with Crippen molar-refractivity contribution in [1.29, 1.82) is 0 Å². The van der Waals surface area contributed by atoms with Crippen molar-refractivity contribution in [1.82, 2.24) is 4.98 Å². The van der Waals surface area contributed by atoms with E-state index in [1.165, 1.54) is 12.1 Å². The Hall–Kier alpha value is -1.86. The highest BCUT2D eigenvalue weighted by molar-refractivity contribution is 7.86. The molecular weight excluding hydrogens is 421 g/mol. The van der Waals surface area contributed by atoms with Crippen molar-refractivity contribution in [2.45, 2.75) is 28.5 Å². The number of pyridine rings is 1. The molecule has 1 aliphatic heterocycles. The highest BCUT2D eigenvalue weighted by Gasteiger charge is 2.68. The summed E-state index contributed by atoms with van der Waals surface area (Å²) in [5.74, 6) is -1.10. The molecule has 0 radical (unpaired) electrons. The number of hydrogen-bond donors (Lipinski definition) is 4. The summed E-state index contributed by atoms with van der Waals surface area (Å²) in [7, 11) is -5.39. The summed E-state index contributed by atoms with van der Waals surface area (Å²) in [6, 6.07) is 9.06. The summed E-state index contributed by atoms with van der Waals surface area (Å²) in [6.07, 6.45) is -6.17. The van der Waals surface area contributed by atoms with Gasteiger partial charge in [0.2, 0.25) is 17.3 Å². The molecule has 0 amide bonds. The van der Waals surface area contributed by atoms with E-state index in [1.807, 2.05) is 0 Å². The van der Waals surface area contributed by atoms with Crippen LogP contribution in [0.3, 0.4) is 0 Å². The summed E-state index contributed by atoms with van der Waals surface area (Å²) in [5, 5.41) is 28.3. The second-order valence-electron chi connectivity index (χ2n) is 6.01. The topological polar surface area (TPSA) is 146 Å². The fourth-order valence-corrected chi connectivity index (χ4v) is 4.11. The number of halogens is 2. The molecule has 3 rings (SSSR count). The van der Waals surface area contributed by atoms with E-state index >= 15 is 0 Å². The van der Waals surface area contributed by atoms with Crippen molar-refractivity contribution in [2.75, 3.05) is 0 Å². The number of alkyl halides is 1. The zero-order valence-electron chi connectivity index (χ0n) is 13.9. The summed E-state index contributed by atoms with van der Waals surface area (Å²) >= 11 is 5.86. The van der Waals surface area contributed by atoms with Gasteiger partial charge in [-0.15, -0.1) is 0 Å². The Morgan fingerprint density at radius 2 is 1.82 bits per heavy atom. The van der Waals surface area contributed by atoms with Crippen LogP contribution in [-0.4, -0.2) is 56.8 Å². The lowest BCUT2D eigenvalue weighted by molar-refractivity contribution is -0.306. The van der Waals surface area contributed by atoms with Gasteiger partial charge in [0.1, 0.15) is 18.0 Å². The average molecular weight is 436 g/mol. The minimum atomic E-state index is -5.39. The van der Waals surface area contributed by atoms with Crippen LogP contribution in [0.5, 0.6) is 5.75 Å². The predicted molar refractivity (Wildman–Crippen MR) is 92.2 cm³/mol. The molecule has 152 valence electrons. The van der Waals surface area contributed by atoms with E-state index < -0.39 is 50.1 Å². The summed E-state index contributed by atoms with van der Waals surface area (Å²) in [6.45, 7) is 0. The second-order valence-corrected chi connectivity index (χ2v) is 8.17. The van der Waals surface area contributed by atoms with E-state index in [4.69, 9.17) is 21.1 Å². The van der Waals surface area contributed by atoms with Crippen molar-refractivity contribution >= 4 is 21.7 Å². The molecule has 28 heavy (non-hydrogen) atoms. The van der Waals surface area contributed by atoms with Gasteiger partial charge in [-0.1, -0.05) is 29.8 Å². The Morgan fingerprint density at radius 1 is 1.18 bits per heavy atom. The van der Waals surface area contributed by atoms with Gasteiger partial charge in [-0.3, -0.25) is 4.55 Å². The van der Waals surface area contributed by atoms with Crippen molar-refractivity contribution in [3.8, 4) is 5.75 Å². The zero-order chi connectivity index (χ0) is 20.7. The SMILES string of the molecule is O=S(=O)(O)C1(c2ccnc(F)c2)O[C@@H](Oc2ccccc2)[C@@](O)(Cl)[C@@H](O)[C@@H]1O. The number of hydrogen-bond acceptors (Lipinski definition) is 8. The first kappa shape index (κ1) is 20.9. The number of para-hydroxylation sites is 1. The van der Waals surface area contributed by atoms with Crippen molar-refractivity contribution in [3.63, 3.8) is 0 Å². The predicted octanol–water partition coefficient (Wildman–Crippen LogP) is 0.346. The van der Waals surface area contributed by atoms with Crippen LogP contribution in [0.25, 0.3) is 0 Å². The molecule has 1 fully saturated rings. The summed E-state index contributed by atoms with van der Waals surface area (Å²) in [4.78, 5) is 0.130. The second kappa shape index (κ2) is 7.19. The first-order chi connectivity index (χ1) is 13.0.